The number of aromatic amines is 2. The lowest BCUT2D eigenvalue weighted by Crippen LogP contribution is -1.99. The number of hydrogen-bond donors (Lipinski definition) is 2. The number of pyridine rings is 1. The van der Waals surface area contributed by atoms with Gasteiger partial charge in [0.15, 0.2) is 0 Å². The topological polar surface area (TPSA) is 87.6 Å². The lowest BCUT2D eigenvalue weighted by atomic mass is 9.95. The molecule has 0 radical (unpaired) electrons. The summed E-state index contributed by atoms with van der Waals surface area (Å²) >= 11 is 3.55. The van der Waals surface area contributed by atoms with Crippen molar-refractivity contribution in [2.75, 3.05) is 0 Å². The van der Waals surface area contributed by atoms with Crippen LogP contribution in [-0.4, -0.2) is 20.1 Å². The van der Waals surface area contributed by atoms with Gasteiger partial charge in [-0.15, -0.1) is 0 Å². The van der Waals surface area contributed by atoms with Gasteiger partial charge in [0.05, 0.1) is 22.4 Å². The number of rotatable bonds is 3. The van der Waals surface area contributed by atoms with Crippen LogP contribution in [0.4, 0.5) is 0 Å². The van der Waals surface area contributed by atoms with Gasteiger partial charge in [-0.1, -0.05) is 5.16 Å². The third-order valence-electron chi connectivity index (χ3n) is 5.09. The molecule has 5 rings (SSSR count). The van der Waals surface area contributed by atoms with Crippen LogP contribution in [0.1, 0.15) is 35.9 Å². The minimum atomic E-state index is -0.224. The van der Waals surface area contributed by atoms with Crippen LogP contribution in [0.5, 0.6) is 0 Å². The quantitative estimate of drug-likeness (QED) is 0.492. The van der Waals surface area contributed by atoms with E-state index in [1.807, 2.05) is 26.1 Å². The van der Waals surface area contributed by atoms with Gasteiger partial charge in [-0.25, -0.2) is 4.79 Å². The molecule has 27 heavy (non-hydrogen) atoms. The minimum absolute atomic E-state index is 0.224. The summed E-state index contributed by atoms with van der Waals surface area (Å²) in [5.74, 6) is 1.24. The van der Waals surface area contributed by atoms with Crippen molar-refractivity contribution >= 4 is 27.0 Å². The molecule has 1 aliphatic carbocycles. The number of fused-ring (bicyclic) bond motifs is 1. The van der Waals surface area contributed by atoms with E-state index in [1.54, 1.807) is 0 Å². The number of imidazole rings is 1. The first-order valence-electron chi connectivity index (χ1n) is 8.86. The number of nitrogens with one attached hydrogen (secondary N) is 2. The van der Waals surface area contributed by atoms with Gasteiger partial charge in [0, 0.05) is 33.3 Å². The zero-order valence-electron chi connectivity index (χ0n) is 14.9. The molecule has 0 atom stereocenters. The molecular formula is C20H17BrN4O2. The number of H-pyrrole nitrogens is 2. The average Bonchev–Trinajstić information content (AvgIpc) is 3.32. The summed E-state index contributed by atoms with van der Waals surface area (Å²) in [5, 5.41) is 4.08. The standard InChI is InChI=1S/C20H17BrN4O2/c1-9-17(10(2)27-25-9)12-5-14(19-16(6-12)23-20(26)24-19)15-7-13(21)8-22-18(15)11-3-4-11/h5-8,11H,3-4H2,1-2H3,(H2,23,24,26). The number of aromatic nitrogens is 4. The summed E-state index contributed by atoms with van der Waals surface area (Å²) in [6, 6.07) is 6.14. The molecule has 1 saturated carbocycles. The number of hydrogen-bond acceptors (Lipinski definition) is 4. The highest BCUT2D eigenvalue weighted by Gasteiger charge is 2.29. The lowest BCUT2D eigenvalue weighted by Gasteiger charge is -2.12. The fourth-order valence-electron chi connectivity index (χ4n) is 3.74. The van der Waals surface area contributed by atoms with Crippen molar-refractivity contribution < 1.29 is 4.52 Å². The second kappa shape index (κ2) is 5.92. The van der Waals surface area contributed by atoms with E-state index in [4.69, 9.17) is 4.52 Å². The molecule has 1 fully saturated rings. The van der Waals surface area contributed by atoms with Crippen molar-refractivity contribution in [3.05, 3.63) is 56.5 Å². The fourth-order valence-corrected chi connectivity index (χ4v) is 4.07. The summed E-state index contributed by atoms with van der Waals surface area (Å²) < 4.78 is 6.27. The Labute approximate surface area is 163 Å². The van der Waals surface area contributed by atoms with Crippen LogP contribution in [0.3, 0.4) is 0 Å². The Morgan fingerprint density at radius 3 is 2.67 bits per heavy atom. The van der Waals surface area contributed by atoms with Gasteiger partial charge in [0.25, 0.3) is 0 Å². The first-order chi connectivity index (χ1) is 13.0. The Balaban J connectivity index is 1.85. The molecule has 1 aromatic carbocycles. The minimum Gasteiger partial charge on any atom is -0.361 e. The van der Waals surface area contributed by atoms with Crippen LogP contribution >= 0.6 is 15.9 Å². The summed E-state index contributed by atoms with van der Waals surface area (Å²) in [7, 11) is 0. The second-order valence-electron chi connectivity index (χ2n) is 7.09. The Morgan fingerprint density at radius 2 is 1.96 bits per heavy atom. The maximum atomic E-state index is 12.0. The van der Waals surface area contributed by atoms with Gasteiger partial charge < -0.3 is 14.5 Å². The summed E-state index contributed by atoms with van der Waals surface area (Å²) in [4.78, 5) is 22.5. The van der Waals surface area contributed by atoms with E-state index >= 15 is 0 Å². The Hall–Kier alpha value is -2.67. The Morgan fingerprint density at radius 1 is 1.15 bits per heavy atom. The molecule has 0 saturated heterocycles. The third kappa shape index (κ3) is 2.73. The summed E-state index contributed by atoms with van der Waals surface area (Å²) in [5.41, 5.74) is 7.15. The zero-order valence-corrected chi connectivity index (χ0v) is 16.5. The van der Waals surface area contributed by atoms with Crippen LogP contribution in [0.25, 0.3) is 33.3 Å². The molecular weight excluding hydrogens is 408 g/mol. The molecule has 0 unspecified atom stereocenters. The van der Waals surface area contributed by atoms with E-state index in [2.05, 4.69) is 48.2 Å². The number of aryl methyl sites for hydroxylation is 2. The predicted octanol–water partition coefficient (Wildman–Crippen LogP) is 4.83. The fraction of sp³-hybridized carbons (Fsp3) is 0.250. The van der Waals surface area contributed by atoms with E-state index < -0.39 is 0 Å². The molecule has 0 bridgehead atoms. The summed E-state index contributed by atoms with van der Waals surface area (Å²) in [6.45, 7) is 3.82. The molecule has 4 aromatic rings. The van der Waals surface area contributed by atoms with Crippen molar-refractivity contribution in [1.29, 1.82) is 0 Å². The largest absolute Gasteiger partial charge is 0.361 e. The van der Waals surface area contributed by atoms with E-state index in [0.29, 0.717) is 5.92 Å². The first kappa shape index (κ1) is 16.5. The highest BCUT2D eigenvalue weighted by molar-refractivity contribution is 9.10. The molecule has 3 heterocycles. The maximum Gasteiger partial charge on any atom is 0.323 e. The van der Waals surface area contributed by atoms with Crippen LogP contribution in [0, 0.1) is 13.8 Å². The molecule has 6 nitrogen and oxygen atoms in total. The monoisotopic (exact) mass is 424 g/mol. The van der Waals surface area contributed by atoms with E-state index in [-0.39, 0.29) is 5.69 Å². The van der Waals surface area contributed by atoms with Crippen molar-refractivity contribution in [1.82, 2.24) is 20.1 Å². The smallest absolute Gasteiger partial charge is 0.323 e. The van der Waals surface area contributed by atoms with Gasteiger partial charge in [0.1, 0.15) is 5.76 Å². The van der Waals surface area contributed by atoms with Gasteiger partial charge in [-0.3, -0.25) is 4.98 Å². The van der Waals surface area contributed by atoms with Gasteiger partial charge in [-0.2, -0.15) is 0 Å². The van der Waals surface area contributed by atoms with Crippen LogP contribution in [0.15, 0.2) is 38.2 Å². The van der Waals surface area contributed by atoms with Crippen molar-refractivity contribution in [3.63, 3.8) is 0 Å². The number of nitrogens with zero attached hydrogens (tertiary/aromatic N) is 2. The Bertz CT molecular complexity index is 1230. The third-order valence-corrected chi connectivity index (χ3v) is 5.52. The second-order valence-corrected chi connectivity index (χ2v) is 8.00. The summed E-state index contributed by atoms with van der Waals surface area (Å²) in [6.07, 6.45) is 4.14. The highest BCUT2D eigenvalue weighted by Crippen LogP contribution is 2.45. The van der Waals surface area contributed by atoms with Crippen LogP contribution in [-0.2, 0) is 0 Å². The number of halogens is 1. The highest BCUT2D eigenvalue weighted by atomic mass is 79.9. The molecule has 0 amide bonds. The van der Waals surface area contributed by atoms with Crippen molar-refractivity contribution in [3.8, 4) is 22.3 Å². The maximum absolute atomic E-state index is 12.0. The average molecular weight is 425 g/mol. The molecule has 2 N–H and O–H groups in total. The molecule has 3 aromatic heterocycles. The normalized spacial score (nSPS) is 14.2. The van der Waals surface area contributed by atoms with Crippen molar-refractivity contribution in [2.45, 2.75) is 32.6 Å². The molecule has 0 spiro atoms. The lowest BCUT2D eigenvalue weighted by molar-refractivity contribution is 0.393. The van der Waals surface area contributed by atoms with Gasteiger partial charge >= 0.3 is 5.69 Å². The van der Waals surface area contributed by atoms with Crippen LogP contribution < -0.4 is 5.69 Å². The van der Waals surface area contributed by atoms with Gasteiger partial charge in [-0.05, 0) is 66.4 Å². The van der Waals surface area contributed by atoms with Gasteiger partial charge in [0.2, 0.25) is 0 Å². The van der Waals surface area contributed by atoms with Crippen LogP contribution in [0.2, 0.25) is 0 Å². The zero-order chi connectivity index (χ0) is 18.7. The molecule has 7 heteroatoms. The molecule has 1 aliphatic rings. The Kier molecular flexibility index (Phi) is 3.62. The first-order valence-corrected chi connectivity index (χ1v) is 9.65. The van der Waals surface area contributed by atoms with Crippen molar-refractivity contribution in [2.24, 2.45) is 0 Å². The van der Waals surface area contributed by atoms with E-state index in [9.17, 15) is 4.79 Å². The number of benzene rings is 1. The van der Waals surface area contributed by atoms with E-state index in [0.717, 1.165) is 67.7 Å². The van der Waals surface area contributed by atoms with E-state index in [1.165, 1.54) is 0 Å². The SMILES string of the molecule is Cc1noc(C)c1-c1cc(-c2cc(Br)cnc2C2CC2)c2[nH]c(=O)[nH]c2c1. The molecule has 0 aliphatic heterocycles. The molecule has 136 valence electrons. The predicted molar refractivity (Wildman–Crippen MR) is 107 cm³/mol.